The van der Waals surface area contributed by atoms with Gasteiger partial charge in [0.15, 0.2) is 6.10 Å². The van der Waals surface area contributed by atoms with Crippen LogP contribution >= 0.6 is 0 Å². The molecule has 160 valence electrons. The van der Waals surface area contributed by atoms with Crippen molar-refractivity contribution in [3.8, 4) is 5.75 Å². The maximum absolute atomic E-state index is 13.3. The molecule has 8 heteroatoms. The monoisotopic (exact) mass is 429 g/mol. The summed E-state index contributed by atoms with van der Waals surface area (Å²) >= 11 is 0. The van der Waals surface area contributed by atoms with Crippen molar-refractivity contribution < 1.29 is 17.9 Å². The van der Waals surface area contributed by atoms with E-state index in [1.54, 1.807) is 41.3 Å². The Hall–Kier alpha value is -2.58. The molecule has 2 aliphatic rings. The zero-order chi connectivity index (χ0) is 21.1. The fraction of sp³-hybridized carbons (Fsp3) is 0.409. The van der Waals surface area contributed by atoms with Gasteiger partial charge in [-0.15, -0.1) is 0 Å². The molecule has 1 fully saturated rings. The summed E-state index contributed by atoms with van der Waals surface area (Å²) in [6, 6.07) is 16.1. The first-order chi connectivity index (χ1) is 14.5. The number of para-hydroxylation sites is 2. The molecule has 1 atom stereocenters. The number of amides is 1. The second-order valence-electron chi connectivity index (χ2n) is 7.61. The van der Waals surface area contributed by atoms with Crippen molar-refractivity contribution in [1.82, 2.24) is 9.80 Å². The molecule has 0 spiro atoms. The van der Waals surface area contributed by atoms with E-state index >= 15 is 0 Å². The predicted octanol–water partition coefficient (Wildman–Crippen LogP) is 1.95. The van der Waals surface area contributed by atoms with Gasteiger partial charge in [0.05, 0.1) is 18.0 Å². The van der Waals surface area contributed by atoms with E-state index in [0.29, 0.717) is 30.1 Å². The van der Waals surface area contributed by atoms with Crippen molar-refractivity contribution >= 4 is 21.6 Å². The Kier molecular flexibility index (Phi) is 5.97. The topological polar surface area (TPSA) is 70.2 Å². The lowest BCUT2D eigenvalue weighted by molar-refractivity contribution is -0.140. The minimum absolute atomic E-state index is 0.0149. The molecule has 2 aromatic carbocycles. The number of benzene rings is 2. The molecule has 0 bridgehead atoms. The van der Waals surface area contributed by atoms with Gasteiger partial charge in [-0.05, 0) is 24.2 Å². The fourth-order valence-corrected chi connectivity index (χ4v) is 5.53. The highest BCUT2D eigenvalue weighted by atomic mass is 32.2. The second-order valence-corrected chi connectivity index (χ2v) is 9.50. The lowest BCUT2D eigenvalue weighted by Crippen LogP contribution is -2.56. The van der Waals surface area contributed by atoms with Crippen molar-refractivity contribution in [2.24, 2.45) is 0 Å². The van der Waals surface area contributed by atoms with Crippen molar-refractivity contribution in [1.29, 1.82) is 0 Å². The number of likely N-dealkylation sites (N-methyl/N-ethyl adjacent to an activating group) is 1. The van der Waals surface area contributed by atoms with Gasteiger partial charge in [0.25, 0.3) is 5.91 Å². The third-order valence-electron chi connectivity index (χ3n) is 5.67. The molecule has 30 heavy (non-hydrogen) atoms. The summed E-state index contributed by atoms with van der Waals surface area (Å²) in [5.74, 6) is 0.143. The van der Waals surface area contributed by atoms with Gasteiger partial charge in [0, 0.05) is 26.2 Å². The molecule has 2 aliphatic heterocycles. The Labute approximate surface area is 177 Å². The van der Waals surface area contributed by atoms with Crippen LogP contribution in [-0.4, -0.2) is 69.5 Å². The molecule has 0 radical (unpaired) electrons. The minimum Gasteiger partial charge on any atom is -0.476 e. The molecular weight excluding hydrogens is 402 g/mol. The largest absolute Gasteiger partial charge is 0.476 e. The highest BCUT2D eigenvalue weighted by Gasteiger charge is 2.38. The molecule has 0 unspecified atom stereocenters. The number of piperazine rings is 1. The van der Waals surface area contributed by atoms with E-state index < -0.39 is 16.1 Å². The lowest BCUT2D eigenvalue weighted by atomic mass is 10.2. The number of ether oxygens (including phenoxy) is 1. The van der Waals surface area contributed by atoms with Gasteiger partial charge in [-0.1, -0.05) is 49.4 Å². The van der Waals surface area contributed by atoms with Crippen molar-refractivity contribution in [3.63, 3.8) is 0 Å². The molecule has 0 aliphatic carbocycles. The van der Waals surface area contributed by atoms with Gasteiger partial charge in [0.2, 0.25) is 10.0 Å². The standard InChI is InChI=1S/C22H27N3O4S/c1-2-23-12-14-24(15-13-23)22(26)21-16-25(19-10-6-7-11-20(19)29-21)30(27,28)17-18-8-4-3-5-9-18/h3-11,21H,2,12-17H2,1H3/t21-/m0/s1. The van der Waals surface area contributed by atoms with Crippen LogP contribution in [0, 0.1) is 0 Å². The number of hydrogen-bond acceptors (Lipinski definition) is 5. The number of carbonyl (C=O) groups is 1. The van der Waals surface area contributed by atoms with Crippen LogP contribution in [0.15, 0.2) is 54.6 Å². The third-order valence-corrected chi connectivity index (χ3v) is 7.38. The molecule has 0 saturated carbocycles. The average Bonchev–Trinajstić information content (AvgIpc) is 2.78. The van der Waals surface area contributed by atoms with E-state index in [2.05, 4.69) is 11.8 Å². The summed E-state index contributed by atoms with van der Waals surface area (Å²) in [6.45, 7) is 5.95. The van der Waals surface area contributed by atoms with Crippen LogP contribution in [0.2, 0.25) is 0 Å². The van der Waals surface area contributed by atoms with Gasteiger partial charge >= 0.3 is 0 Å². The maximum Gasteiger partial charge on any atom is 0.265 e. The molecule has 4 rings (SSSR count). The van der Waals surface area contributed by atoms with Gasteiger partial charge < -0.3 is 14.5 Å². The van der Waals surface area contributed by atoms with Crippen LogP contribution < -0.4 is 9.04 Å². The minimum atomic E-state index is -3.69. The zero-order valence-electron chi connectivity index (χ0n) is 17.1. The number of rotatable bonds is 5. The number of anilines is 1. The molecule has 0 aromatic heterocycles. The Balaban J connectivity index is 1.57. The van der Waals surface area contributed by atoms with Gasteiger partial charge in [0.1, 0.15) is 5.75 Å². The van der Waals surface area contributed by atoms with Crippen LogP contribution in [-0.2, 0) is 20.6 Å². The predicted molar refractivity (Wildman–Crippen MR) is 116 cm³/mol. The van der Waals surface area contributed by atoms with E-state index in [1.165, 1.54) is 4.31 Å². The summed E-state index contributed by atoms with van der Waals surface area (Å²) in [4.78, 5) is 17.2. The lowest BCUT2D eigenvalue weighted by Gasteiger charge is -2.39. The smallest absolute Gasteiger partial charge is 0.265 e. The highest BCUT2D eigenvalue weighted by molar-refractivity contribution is 7.92. The number of hydrogen-bond donors (Lipinski definition) is 0. The molecule has 1 saturated heterocycles. The summed E-state index contributed by atoms with van der Waals surface area (Å²) in [5, 5.41) is 0. The second kappa shape index (κ2) is 8.65. The van der Waals surface area contributed by atoms with Crippen LogP contribution in [0.5, 0.6) is 5.75 Å². The van der Waals surface area contributed by atoms with Gasteiger partial charge in [-0.2, -0.15) is 0 Å². The molecular formula is C22H27N3O4S. The van der Waals surface area contributed by atoms with Crippen LogP contribution in [0.4, 0.5) is 5.69 Å². The SMILES string of the molecule is CCN1CCN(C(=O)[C@@H]2CN(S(=O)(=O)Cc3ccccc3)c3ccccc3O2)CC1. The molecule has 1 amide bonds. The van der Waals surface area contributed by atoms with E-state index in [0.717, 1.165) is 19.6 Å². The quantitative estimate of drug-likeness (QED) is 0.727. The zero-order valence-corrected chi connectivity index (χ0v) is 17.9. The maximum atomic E-state index is 13.3. The first-order valence-corrected chi connectivity index (χ1v) is 11.9. The summed E-state index contributed by atoms with van der Waals surface area (Å²) in [5.41, 5.74) is 1.19. The van der Waals surface area contributed by atoms with Crippen molar-refractivity contribution in [2.75, 3.05) is 43.6 Å². The van der Waals surface area contributed by atoms with Gasteiger partial charge in [-0.25, -0.2) is 8.42 Å². The number of fused-ring (bicyclic) bond motifs is 1. The van der Waals surface area contributed by atoms with E-state index in [9.17, 15) is 13.2 Å². The Morgan fingerprint density at radius 3 is 2.37 bits per heavy atom. The van der Waals surface area contributed by atoms with E-state index in [-0.39, 0.29) is 18.2 Å². The Morgan fingerprint density at radius 1 is 1.00 bits per heavy atom. The average molecular weight is 430 g/mol. The van der Waals surface area contributed by atoms with Crippen LogP contribution in [0.1, 0.15) is 12.5 Å². The molecule has 2 heterocycles. The van der Waals surface area contributed by atoms with Crippen LogP contribution in [0.3, 0.4) is 0 Å². The molecule has 0 N–H and O–H groups in total. The van der Waals surface area contributed by atoms with Crippen molar-refractivity contribution in [3.05, 3.63) is 60.2 Å². The first-order valence-electron chi connectivity index (χ1n) is 10.3. The number of sulfonamides is 1. The fourth-order valence-electron chi connectivity index (χ4n) is 3.95. The first kappa shape index (κ1) is 20.7. The number of nitrogens with zero attached hydrogens (tertiary/aromatic N) is 3. The molecule has 2 aromatic rings. The summed E-state index contributed by atoms with van der Waals surface area (Å²) in [7, 11) is -3.69. The van der Waals surface area contributed by atoms with Crippen LogP contribution in [0.25, 0.3) is 0 Å². The molecule has 7 nitrogen and oxygen atoms in total. The van der Waals surface area contributed by atoms with E-state index in [4.69, 9.17) is 4.74 Å². The highest BCUT2D eigenvalue weighted by Crippen LogP contribution is 2.36. The normalized spacial score (nSPS) is 19.8. The Bertz CT molecular complexity index is 988. The number of carbonyl (C=O) groups excluding carboxylic acids is 1. The van der Waals surface area contributed by atoms with Gasteiger partial charge in [-0.3, -0.25) is 9.10 Å². The summed E-state index contributed by atoms with van der Waals surface area (Å²) < 4.78 is 33.9. The third kappa shape index (κ3) is 4.29. The summed E-state index contributed by atoms with van der Waals surface area (Å²) in [6.07, 6.45) is -0.848. The Morgan fingerprint density at radius 2 is 1.67 bits per heavy atom. The van der Waals surface area contributed by atoms with Crippen molar-refractivity contribution in [2.45, 2.75) is 18.8 Å². The van der Waals surface area contributed by atoms with E-state index in [1.807, 2.05) is 18.2 Å².